The normalized spacial score (nSPS) is 21.5. The molecule has 1 aliphatic heterocycles. The van der Waals surface area contributed by atoms with Crippen molar-refractivity contribution in [2.45, 2.75) is 25.3 Å². The highest BCUT2D eigenvalue weighted by Crippen LogP contribution is 2.39. The van der Waals surface area contributed by atoms with E-state index in [1.54, 1.807) is 0 Å². The maximum absolute atomic E-state index is 12.4. The number of thiophene rings is 1. The monoisotopic (exact) mass is 347 g/mol. The molecular formula is C17H17NO3S2. The van der Waals surface area contributed by atoms with Crippen LogP contribution in [-0.2, 0) is 22.7 Å². The Kier molecular flexibility index (Phi) is 3.54. The summed E-state index contributed by atoms with van der Waals surface area (Å²) in [5.74, 6) is 0.0860. The lowest BCUT2D eigenvalue weighted by molar-refractivity contribution is 0.0945. The molecule has 1 amide bonds. The summed E-state index contributed by atoms with van der Waals surface area (Å²) in [6.07, 6.45) is 2.47. The van der Waals surface area contributed by atoms with Gasteiger partial charge in [-0.25, -0.2) is 8.42 Å². The van der Waals surface area contributed by atoms with Crippen LogP contribution in [0.3, 0.4) is 0 Å². The molecule has 2 aromatic rings. The van der Waals surface area contributed by atoms with Crippen molar-refractivity contribution in [1.82, 2.24) is 5.32 Å². The summed E-state index contributed by atoms with van der Waals surface area (Å²) < 4.78 is 23.0. The molecule has 4 nitrogen and oxygen atoms in total. The second-order valence-electron chi connectivity index (χ2n) is 6.20. The molecule has 1 N–H and O–H groups in total. The van der Waals surface area contributed by atoms with Gasteiger partial charge in [0, 0.05) is 10.9 Å². The zero-order chi connectivity index (χ0) is 16.0. The molecule has 0 radical (unpaired) electrons. The third-order valence-electron chi connectivity index (χ3n) is 4.53. The molecule has 2 aliphatic rings. The van der Waals surface area contributed by atoms with E-state index in [9.17, 15) is 13.2 Å². The molecule has 1 aliphatic carbocycles. The molecule has 1 unspecified atom stereocenters. The summed E-state index contributed by atoms with van der Waals surface area (Å²) in [6.45, 7) is 0. The largest absolute Gasteiger partial charge is 0.348 e. The molecule has 1 atom stereocenters. The first-order valence-electron chi connectivity index (χ1n) is 7.74. The number of hydrogen-bond acceptors (Lipinski definition) is 4. The Bertz CT molecular complexity index is 883. The Morgan fingerprint density at radius 2 is 1.96 bits per heavy atom. The second kappa shape index (κ2) is 5.46. The maximum atomic E-state index is 12.4. The smallest absolute Gasteiger partial charge is 0.261 e. The van der Waals surface area contributed by atoms with Crippen molar-refractivity contribution in [3.63, 3.8) is 0 Å². The van der Waals surface area contributed by atoms with Crippen molar-refractivity contribution in [2.75, 3.05) is 11.5 Å². The third kappa shape index (κ3) is 2.81. The lowest BCUT2D eigenvalue weighted by Crippen LogP contribution is -2.35. The lowest BCUT2D eigenvalue weighted by Gasteiger charge is -2.15. The molecule has 1 saturated heterocycles. The molecule has 6 heteroatoms. The Morgan fingerprint density at radius 1 is 1.17 bits per heavy atom. The fourth-order valence-corrected chi connectivity index (χ4v) is 6.20. The summed E-state index contributed by atoms with van der Waals surface area (Å²) in [5, 5.41) is 2.88. The van der Waals surface area contributed by atoms with Gasteiger partial charge in [0.2, 0.25) is 0 Å². The van der Waals surface area contributed by atoms with E-state index in [0.29, 0.717) is 11.3 Å². The SMILES string of the molecule is O=C(NC1CCS(=O)(=O)C1)c1cc2c(s1)-c1ccccc1CC2. The average Bonchev–Trinajstić information content (AvgIpc) is 3.10. The van der Waals surface area contributed by atoms with Crippen LogP contribution in [0.25, 0.3) is 10.4 Å². The lowest BCUT2D eigenvalue weighted by atomic mass is 9.91. The number of amides is 1. The fourth-order valence-electron chi connectivity index (χ4n) is 3.35. The van der Waals surface area contributed by atoms with Crippen molar-refractivity contribution < 1.29 is 13.2 Å². The number of benzene rings is 1. The van der Waals surface area contributed by atoms with Crippen molar-refractivity contribution >= 4 is 27.1 Å². The molecule has 1 fully saturated rings. The van der Waals surface area contributed by atoms with Crippen LogP contribution in [0.4, 0.5) is 0 Å². The van der Waals surface area contributed by atoms with Crippen LogP contribution in [0.15, 0.2) is 30.3 Å². The molecule has 0 saturated carbocycles. The predicted molar refractivity (Wildman–Crippen MR) is 91.7 cm³/mol. The summed E-state index contributed by atoms with van der Waals surface area (Å²) >= 11 is 1.51. The van der Waals surface area contributed by atoms with Gasteiger partial charge in [0.15, 0.2) is 9.84 Å². The van der Waals surface area contributed by atoms with Crippen LogP contribution in [0, 0.1) is 0 Å². The number of hydrogen-bond donors (Lipinski definition) is 1. The van der Waals surface area contributed by atoms with Crippen LogP contribution in [-0.4, -0.2) is 31.9 Å². The topological polar surface area (TPSA) is 63.2 Å². The van der Waals surface area contributed by atoms with Crippen molar-refractivity contribution in [3.05, 3.63) is 46.3 Å². The van der Waals surface area contributed by atoms with Gasteiger partial charge in [-0.1, -0.05) is 24.3 Å². The molecular weight excluding hydrogens is 330 g/mol. The highest BCUT2D eigenvalue weighted by Gasteiger charge is 2.30. The van der Waals surface area contributed by atoms with E-state index in [1.807, 2.05) is 18.2 Å². The number of fused-ring (bicyclic) bond motifs is 3. The van der Waals surface area contributed by atoms with E-state index >= 15 is 0 Å². The van der Waals surface area contributed by atoms with Gasteiger partial charge < -0.3 is 5.32 Å². The van der Waals surface area contributed by atoms with E-state index in [-0.39, 0.29) is 23.5 Å². The van der Waals surface area contributed by atoms with Gasteiger partial charge in [0.1, 0.15) is 0 Å². The first-order valence-corrected chi connectivity index (χ1v) is 10.4. The molecule has 1 aromatic carbocycles. The number of aryl methyl sites for hydroxylation is 2. The standard InChI is InChI=1S/C17H17NO3S2/c19-17(18-13-7-8-23(20,21)10-13)15-9-12-6-5-11-3-1-2-4-14(11)16(12)22-15/h1-4,9,13H,5-8,10H2,(H,18,19). The zero-order valence-electron chi connectivity index (χ0n) is 12.5. The Hall–Kier alpha value is -1.66. The highest BCUT2D eigenvalue weighted by atomic mass is 32.2. The zero-order valence-corrected chi connectivity index (χ0v) is 14.2. The summed E-state index contributed by atoms with van der Waals surface area (Å²) in [6, 6.07) is 10.0. The quantitative estimate of drug-likeness (QED) is 0.907. The van der Waals surface area contributed by atoms with Gasteiger partial charge in [-0.2, -0.15) is 0 Å². The number of carbonyl (C=O) groups is 1. The van der Waals surface area contributed by atoms with E-state index in [2.05, 4.69) is 17.4 Å². The predicted octanol–water partition coefficient (Wildman–Crippen LogP) is 2.43. The van der Waals surface area contributed by atoms with E-state index in [1.165, 1.54) is 32.9 Å². The van der Waals surface area contributed by atoms with E-state index < -0.39 is 9.84 Å². The van der Waals surface area contributed by atoms with Crippen LogP contribution >= 0.6 is 11.3 Å². The first kappa shape index (κ1) is 14.9. The summed E-state index contributed by atoms with van der Waals surface area (Å²) in [5.41, 5.74) is 3.77. The third-order valence-corrected chi connectivity index (χ3v) is 7.50. The van der Waals surface area contributed by atoms with Gasteiger partial charge >= 0.3 is 0 Å². The van der Waals surface area contributed by atoms with Crippen molar-refractivity contribution in [1.29, 1.82) is 0 Å². The molecule has 0 bridgehead atoms. The fraction of sp³-hybridized carbons (Fsp3) is 0.353. The molecule has 0 spiro atoms. The molecule has 1 aromatic heterocycles. The van der Waals surface area contributed by atoms with Crippen molar-refractivity contribution in [2.24, 2.45) is 0 Å². The minimum absolute atomic E-state index is 0.0622. The van der Waals surface area contributed by atoms with Crippen molar-refractivity contribution in [3.8, 4) is 10.4 Å². The highest BCUT2D eigenvalue weighted by molar-refractivity contribution is 7.91. The minimum atomic E-state index is -2.98. The molecule has 120 valence electrons. The van der Waals surface area contributed by atoms with Crippen LogP contribution in [0.2, 0.25) is 0 Å². The van der Waals surface area contributed by atoms with Crippen LogP contribution in [0.5, 0.6) is 0 Å². The number of nitrogens with one attached hydrogen (secondary N) is 1. The Balaban J connectivity index is 1.58. The average molecular weight is 347 g/mol. The second-order valence-corrected chi connectivity index (χ2v) is 9.48. The number of carbonyl (C=O) groups excluding carboxylic acids is 1. The first-order chi connectivity index (χ1) is 11.0. The molecule has 4 rings (SSSR count). The van der Waals surface area contributed by atoms with Gasteiger partial charge in [-0.15, -0.1) is 11.3 Å². The molecule has 23 heavy (non-hydrogen) atoms. The minimum Gasteiger partial charge on any atom is -0.348 e. The van der Waals surface area contributed by atoms with E-state index in [0.717, 1.165) is 12.8 Å². The number of sulfone groups is 1. The van der Waals surface area contributed by atoms with Gasteiger partial charge in [-0.3, -0.25) is 4.79 Å². The Labute approximate surface area is 139 Å². The van der Waals surface area contributed by atoms with Gasteiger partial charge in [0.25, 0.3) is 5.91 Å². The van der Waals surface area contributed by atoms with Crippen LogP contribution < -0.4 is 5.32 Å². The van der Waals surface area contributed by atoms with Crippen LogP contribution in [0.1, 0.15) is 27.2 Å². The molecule has 2 heterocycles. The number of rotatable bonds is 2. The van der Waals surface area contributed by atoms with E-state index in [4.69, 9.17) is 0 Å². The summed E-state index contributed by atoms with van der Waals surface area (Å²) in [7, 11) is -2.98. The summed E-state index contributed by atoms with van der Waals surface area (Å²) in [4.78, 5) is 14.3. The maximum Gasteiger partial charge on any atom is 0.261 e. The Morgan fingerprint density at radius 3 is 2.74 bits per heavy atom. The van der Waals surface area contributed by atoms with Gasteiger partial charge in [-0.05, 0) is 42.0 Å². The van der Waals surface area contributed by atoms with Gasteiger partial charge in [0.05, 0.1) is 16.4 Å².